The molecule has 2 aromatic heterocycles. The minimum absolute atomic E-state index is 0.129. The quantitative estimate of drug-likeness (QED) is 0.526. The average molecular weight is 399 g/mol. The highest BCUT2D eigenvalue weighted by Gasteiger charge is 2.26. The highest BCUT2D eigenvalue weighted by molar-refractivity contribution is 9.10. The largest absolute Gasteiger partial charge is 0.338 e. The summed E-state index contributed by atoms with van der Waals surface area (Å²) in [5, 5.41) is 19.0. The molecular weight excluding hydrogens is 380 g/mol. The Balaban J connectivity index is 2.17. The number of aryl methyl sites for hydroxylation is 1. The summed E-state index contributed by atoms with van der Waals surface area (Å²) in [6.07, 6.45) is 4.62. The number of likely N-dealkylation sites (N-methyl/N-ethyl adjacent to an activating group) is 1. The molecule has 0 aliphatic heterocycles. The number of nitrogens with zero attached hydrogens (tertiary/aromatic N) is 6. The monoisotopic (exact) mass is 398 g/mol. The van der Waals surface area contributed by atoms with Gasteiger partial charge in [0, 0.05) is 13.6 Å². The molecule has 1 unspecified atom stereocenters. The first-order chi connectivity index (χ1) is 11.4. The van der Waals surface area contributed by atoms with Crippen molar-refractivity contribution in [3.8, 4) is 0 Å². The van der Waals surface area contributed by atoms with Crippen molar-refractivity contribution in [3.05, 3.63) is 38.9 Å². The van der Waals surface area contributed by atoms with Crippen molar-refractivity contribution in [1.29, 1.82) is 0 Å². The molecule has 2 rings (SSSR count). The van der Waals surface area contributed by atoms with E-state index in [0.29, 0.717) is 19.5 Å². The van der Waals surface area contributed by atoms with Crippen molar-refractivity contribution in [2.75, 3.05) is 7.05 Å². The highest BCUT2D eigenvalue weighted by Crippen LogP contribution is 2.21. The summed E-state index contributed by atoms with van der Waals surface area (Å²) in [5.74, 6) is -0.161. The van der Waals surface area contributed by atoms with E-state index in [2.05, 4.69) is 26.1 Å². The van der Waals surface area contributed by atoms with Gasteiger partial charge in [-0.1, -0.05) is 6.92 Å². The molecule has 1 atom stereocenters. The van der Waals surface area contributed by atoms with E-state index in [0.717, 1.165) is 16.4 Å². The topological polar surface area (TPSA) is 99.1 Å². The number of hydrogen-bond donors (Lipinski definition) is 0. The van der Waals surface area contributed by atoms with E-state index < -0.39 is 11.0 Å². The molecule has 0 aromatic carbocycles. The Kier molecular flexibility index (Phi) is 5.71. The number of nitro groups is 1. The van der Waals surface area contributed by atoms with Crippen LogP contribution in [0.15, 0.2) is 23.1 Å². The van der Waals surface area contributed by atoms with Gasteiger partial charge in [-0.25, -0.2) is 0 Å². The van der Waals surface area contributed by atoms with Crippen LogP contribution in [0.5, 0.6) is 0 Å². The van der Waals surface area contributed by atoms with Gasteiger partial charge in [0.05, 0.1) is 27.8 Å². The van der Waals surface area contributed by atoms with Crippen LogP contribution in [0.25, 0.3) is 0 Å². The molecule has 0 aliphatic carbocycles. The number of carbonyl (C=O) groups excluding carboxylic acids is 1. The lowest BCUT2D eigenvalue weighted by molar-refractivity contribution is -0.385. The van der Waals surface area contributed by atoms with E-state index in [4.69, 9.17) is 0 Å². The van der Waals surface area contributed by atoms with Crippen molar-refractivity contribution >= 4 is 27.5 Å². The molecule has 0 spiro atoms. The van der Waals surface area contributed by atoms with Gasteiger partial charge in [0.25, 0.3) is 0 Å². The van der Waals surface area contributed by atoms with Crippen LogP contribution in [-0.2, 0) is 17.9 Å². The maximum absolute atomic E-state index is 12.7. The molecule has 0 saturated carbocycles. The summed E-state index contributed by atoms with van der Waals surface area (Å²) in [6.45, 7) is 4.90. The molecule has 2 heterocycles. The average Bonchev–Trinajstić information content (AvgIpc) is 3.16. The fourth-order valence-corrected chi connectivity index (χ4v) is 2.86. The molecule has 0 bridgehead atoms. The Hall–Kier alpha value is -2.23. The second-order valence-corrected chi connectivity index (χ2v) is 6.16. The van der Waals surface area contributed by atoms with Crippen LogP contribution >= 0.6 is 15.9 Å². The molecule has 130 valence electrons. The molecule has 1 amide bonds. The summed E-state index contributed by atoms with van der Waals surface area (Å²) in [5.41, 5.74) is 0.769. The molecular formula is C14H19BrN6O3. The number of aromatic nitrogens is 4. The van der Waals surface area contributed by atoms with Gasteiger partial charge in [-0.2, -0.15) is 10.2 Å². The Morgan fingerprint density at radius 3 is 2.67 bits per heavy atom. The van der Waals surface area contributed by atoms with Gasteiger partial charge < -0.3 is 4.90 Å². The molecule has 0 radical (unpaired) electrons. The van der Waals surface area contributed by atoms with E-state index >= 15 is 0 Å². The third kappa shape index (κ3) is 3.64. The van der Waals surface area contributed by atoms with Crippen molar-refractivity contribution < 1.29 is 9.72 Å². The molecule has 0 aliphatic rings. The third-order valence-electron chi connectivity index (χ3n) is 3.75. The summed E-state index contributed by atoms with van der Waals surface area (Å²) < 4.78 is 4.00. The van der Waals surface area contributed by atoms with Crippen LogP contribution in [0.4, 0.5) is 5.69 Å². The molecule has 9 nitrogen and oxygen atoms in total. The lowest BCUT2D eigenvalue weighted by atomic mass is 10.2. The standard InChI is InChI=1S/C14H19BrN6O3/c1-4-12(20-8-10(6-16-20)21(23)24)14(22)18(3)9-13-11(15)7-17-19(13)5-2/h6-8,12H,4-5,9H2,1-3H3. The highest BCUT2D eigenvalue weighted by atomic mass is 79.9. The van der Waals surface area contributed by atoms with Crippen molar-refractivity contribution in [3.63, 3.8) is 0 Å². The van der Waals surface area contributed by atoms with Crippen LogP contribution in [0.2, 0.25) is 0 Å². The fourth-order valence-electron chi connectivity index (χ4n) is 2.44. The van der Waals surface area contributed by atoms with Crippen LogP contribution in [0.3, 0.4) is 0 Å². The summed E-state index contributed by atoms with van der Waals surface area (Å²) in [7, 11) is 1.70. The second kappa shape index (κ2) is 7.56. The van der Waals surface area contributed by atoms with Gasteiger partial charge in [0.15, 0.2) is 0 Å². The van der Waals surface area contributed by atoms with E-state index in [1.807, 2.05) is 18.5 Å². The zero-order valence-corrected chi connectivity index (χ0v) is 15.3. The zero-order chi connectivity index (χ0) is 17.9. The first kappa shape index (κ1) is 18.1. The van der Waals surface area contributed by atoms with Crippen LogP contribution < -0.4 is 0 Å². The summed E-state index contributed by atoms with van der Waals surface area (Å²) >= 11 is 3.44. The predicted octanol–water partition coefficient (Wildman–Crippen LogP) is 2.38. The third-order valence-corrected chi connectivity index (χ3v) is 4.41. The number of rotatable bonds is 7. The number of hydrogen-bond acceptors (Lipinski definition) is 5. The van der Waals surface area contributed by atoms with E-state index in [9.17, 15) is 14.9 Å². The normalized spacial score (nSPS) is 12.2. The van der Waals surface area contributed by atoms with Crippen LogP contribution in [0, 0.1) is 10.1 Å². The lowest BCUT2D eigenvalue weighted by Gasteiger charge is -2.23. The minimum Gasteiger partial charge on any atom is -0.338 e. The van der Waals surface area contributed by atoms with E-state index in [1.165, 1.54) is 10.9 Å². The Morgan fingerprint density at radius 1 is 1.42 bits per heavy atom. The van der Waals surface area contributed by atoms with Gasteiger partial charge in [-0.15, -0.1) is 0 Å². The molecule has 0 fully saturated rings. The zero-order valence-electron chi connectivity index (χ0n) is 13.7. The molecule has 0 saturated heterocycles. The van der Waals surface area contributed by atoms with Crippen LogP contribution in [-0.4, -0.2) is 42.3 Å². The molecule has 2 aromatic rings. The predicted molar refractivity (Wildman–Crippen MR) is 90.3 cm³/mol. The molecule has 10 heteroatoms. The number of carbonyl (C=O) groups is 1. The smallest absolute Gasteiger partial charge is 0.307 e. The summed E-state index contributed by atoms with van der Waals surface area (Å²) in [6, 6.07) is -0.583. The van der Waals surface area contributed by atoms with Crippen LogP contribution in [0.1, 0.15) is 32.0 Å². The molecule has 24 heavy (non-hydrogen) atoms. The van der Waals surface area contributed by atoms with Gasteiger partial charge in [0.2, 0.25) is 5.91 Å². The fraction of sp³-hybridized carbons (Fsp3) is 0.500. The van der Waals surface area contributed by atoms with Gasteiger partial charge in [-0.3, -0.25) is 24.3 Å². The summed E-state index contributed by atoms with van der Waals surface area (Å²) in [4.78, 5) is 24.6. The molecule has 0 N–H and O–H groups in total. The number of halogens is 1. The first-order valence-electron chi connectivity index (χ1n) is 7.52. The van der Waals surface area contributed by atoms with Crippen molar-refractivity contribution in [1.82, 2.24) is 24.5 Å². The van der Waals surface area contributed by atoms with Gasteiger partial charge in [0.1, 0.15) is 18.4 Å². The minimum atomic E-state index is -0.583. The Labute approximate surface area is 147 Å². The Morgan fingerprint density at radius 2 is 2.12 bits per heavy atom. The van der Waals surface area contributed by atoms with Crippen molar-refractivity contribution in [2.45, 2.75) is 39.4 Å². The lowest BCUT2D eigenvalue weighted by Crippen LogP contribution is -2.34. The van der Waals surface area contributed by atoms with Gasteiger partial charge >= 0.3 is 5.69 Å². The van der Waals surface area contributed by atoms with Crippen molar-refractivity contribution in [2.24, 2.45) is 0 Å². The van der Waals surface area contributed by atoms with E-state index in [1.54, 1.807) is 18.1 Å². The first-order valence-corrected chi connectivity index (χ1v) is 8.32. The number of amides is 1. The van der Waals surface area contributed by atoms with E-state index in [-0.39, 0.29) is 11.6 Å². The second-order valence-electron chi connectivity index (χ2n) is 5.31. The maximum Gasteiger partial charge on any atom is 0.307 e. The maximum atomic E-state index is 12.7. The SMILES string of the molecule is CCC(C(=O)N(C)Cc1c(Br)cnn1CC)n1cc([N+](=O)[O-])cn1. The Bertz CT molecular complexity index is 741. The van der Waals surface area contributed by atoms with Gasteiger partial charge in [-0.05, 0) is 29.3 Å².